The molecule has 1 atom stereocenters. The second-order valence-corrected chi connectivity index (χ2v) is 7.46. The molecule has 1 aliphatic heterocycles. The fourth-order valence-corrected chi connectivity index (χ4v) is 2.89. The number of carbonyl (C=O) groups is 1. The highest BCUT2D eigenvalue weighted by molar-refractivity contribution is 5.85. The molecule has 1 fully saturated rings. The molecule has 1 aliphatic rings. The summed E-state index contributed by atoms with van der Waals surface area (Å²) in [7, 11) is 0. The summed E-state index contributed by atoms with van der Waals surface area (Å²) in [5, 5.41) is 3.00. The average Bonchev–Trinajstić information content (AvgIpc) is 2.52. The SMILES string of the molecule is CC(C)(C)[C@H](N)C(=O)NCC1(c2ccc(F)cc2)CCOCC1.Cl. The number of benzene rings is 1. The molecule has 24 heavy (non-hydrogen) atoms. The normalized spacial score (nSPS) is 18.4. The molecule has 0 aliphatic carbocycles. The molecule has 6 heteroatoms. The minimum Gasteiger partial charge on any atom is -0.381 e. The number of hydrogen-bond donors (Lipinski definition) is 2. The van der Waals surface area contributed by atoms with Gasteiger partial charge in [0, 0.05) is 25.2 Å². The Balaban J connectivity index is 0.00000288. The maximum absolute atomic E-state index is 13.2. The van der Waals surface area contributed by atoms with Crippen molar-refractivity contribution in [3.63, 3.8) is 0 Å². The van der Waals surface area contributed by atoms with Crippen molar-refractivity contribution >= 4 is 18.3 Å². The van der Waals surface area contributed by atoms with Crippen LogP contribution in [-0.4, -0.2) is 31.7 Å². The van der Waals surface area contributed by atoms with Gasteiger partial charge in [0.05, 0.1) is 6.04 Å². The number of nitrogens with one attached hydrogen (secondary N) is 1. The lowest BCUT2D eigenvalue weighted by molar-refractivity contribution is -0.125. The molecule has 0 spiro atoms. The Morgan fingerprint density at radius 2 is 1.83 bits per heavy atom. The molecule has 1 aromatic rings. The van der Waals surface area contributed by atoms with Gasteiger partial charge in [-0.05, 0) is 36.0 Å². The topological polar surface area (TPSA) is 64.4 Å². The number of amides is 1. The molecule has 1 saturated heterocycles. The van der Waals surface area contributed by atoms with E-state index in [-0.39, 0.29) is 35.0 Å². The van der Waals surface area contributed by atoms with Crippen LogP contribution in [0.4, 0.5) is 4.39 Å². The van der Waals surface area contributed by atoms with Crippen LogP contribution in [0, 0.1) is 11.2 Å². The van der Waals surface area contributed by atoms with Crippen molar-refractivity contribution in [1.82, 2.24) is 5.32 Å². The fraction of sp³-hybridized carbons (Fsp3) is 0.611. The lowest BCUT2D eigenvalue weighted by Gasteiger charge is -2.38. The number of carbonyl (C=O) groups excluding carboxylic acids is 1. The summed E-state index contributed by atoms with van der Waals surface area (Å²) in [5.74, 6) is -0.403. The fourth-order valence-electron chi connectivity index (χ4n) is 2.89. The van der Waals surface area contributed by atoms with Crippen LogP contribution in [0.1, 0.15) is 39.2 Å². The molecule has 3 N–H and O–H groups in total. The maximum atomic E-state index is 13.2. The van der Waals surface area contributed by atoms with Crippen molar-refractivity contribution in [2.45, 2.75) is 45.1 Å². The van der Waals surface area contributed by atoms with Crippen LogP contribution >= 0.6 is 12.4 Å². The zero-order chi connectivity index (χ0) is 17.1. The smallest absolute Gasteiger partial charge is 0.237 e. The standard InChI is InChI=1S/C18H27FN2O2.ClH/c1-17(2,3)15(20)16(22)21-12-18(8-10-23-11-9-18)13-4-6-14(19)7-5-13;/h4-7,15H,8-12,20H2,1-3H3,(H,21,22);1H/t15-;/m1./s1. The number of ether oxygens (including phenoxy) is 1. The Morgan fingerprint density at radius 1 is 1.29 bits per heavy atom. The molecule has 0 unspecified atom stereocenters. The third-order valence-electron chi connectivity index (χ3n) is 4.72. The second kappa shape index (κ2) is 8.28. The molecule has 0 aromatic heterocycles. The van der Waals surface area contributed by atoms with Crippen LogP contribution in [0.5, 0.6) is 0 Å². The zero-order valence-corrected chi connectivity index (χ0v) is 15.4. The molecule has 0 radical (unpaired) electrons. The minimum atomic E-state index is -0.562. The van der Waals surface area contributed by atoms with Gasteiger partial charge in [-0.1, -0.05) is 32.9 Å². The summed E-state index contributed by atoms with van der Waals surface area (Å²) in [4.78, 5) is 12.3. The van der Waals surface area contributed by atoms with E-state index in [0.717, 1.165) is 18.4 Å². The summed E-state index contributed by atoms with van der Waals surface area (Å²) < 4.78 is 18.7. The van der Waals surface area contributed by atoms with Crippen molar-refractivity contribution in [3.8, 4) is 0 Å². The molecule has 2 rings (SSSR count). The number of nitrogens with two attached hydrogens (primary N) is 1. The Bertz CT molecular complexity index is 537. The molecule has 4 nitrogen and oxygen atoms in total. The van der Waals surface area contributed by atoms with Crippen molar-refractivity contribution in [1.29, 1.82) is 0 Å². The van der Waals surface area contributed by atoms with E-state index in [0.29, 0.717) is 19.8 Å². The Labute approximate surface area is 149 Å². The Morgan fingerprint density at radius 3 is 2.33 bits per heavy atom. The molecule has 1 heterocycles. The first kappa shape index (κ1) is 20.9. The summed E-state index contributed by atoms with van der Waals surface area (Å²) >= 11 is 0. The largest absolute Gasteiger partial charge is 0.381 e. The van der Waals surface area contributed by atoms with Gasteiger partial charge in [-0.25, -0.2) is 4.39 Å². The highest BCUT2D eigenvalue weighted by atomic mass is 35.5. The van der Waals surface area contributed by atoms with Gasteiger partial charge < -0.3 is 15.8 Å². The first-order valence-electron chi connectivity index (χ1n) is 8.12. The number of hydrogen-bond acceptors (Lipinski definition) is 3. The van der Waals surface area contributed by atoms with Crippen LogP contribution in [0.15, 0.2) is 24.3 Å². The van der Waals surface area contributed by atoms with Crippen molar-refractivity contribution in [3.05, 3.63) is 35.6 Å². The van der Waals surface area contributed by atoms with Crippen molar-refractivity contribution in [2.75, 3.05) is 19.8 Å². The first-order chi connectivity index (χ1) is 10.7. The minimum absolute atomic E-state index is 0. The number of halogens is 2. The molecule has 1 aromatic carbocycles. The van der Waals surface area contributed by atoms with E-state index in [2.05, 4.69) is 5.32 Å². The third-order valence-corrected chi connectivity index (χ3v) is 4.72. The van der Waals surface area contributed by atoms with E-state index in [1.54, 1.807) is 12.1 Å². The lowest BCUT2D eigenvalue weighted by Crippen LogP contribution is -2.52. The van der Waals surface area contributed by atoms with Gasteiger partial charge in [-0.3, -0.25) is 4.79 Å². The van der Waals surface area contributed by atoms with Gasteiger partial charge in [-0.15, -0.1) is 12.4 Å². The predicted molar refractivity (Wildman–Crippen MR) is 95.8 cm³/mol. The van der Waals surface area contributed by atoms with E-state index in [9.17, 15) is 9.18 Å². The van der Waals surface area contributed by atoms with E-state index in [1.165, 1.54) is 12.1 Å². The molecular weight excluding hydrogens is 331 g/mol. The van der Waals surface area contributed by atoms with E-state index in [1.807, 2.05) is 20.8 Å². The summed E-state index contributed by atoms with van der Waals surface area (Å²) in [5.41, 5.74) is 6.55. The summed E-state index contributed by atoms with van der Waals surface area (Å²) in [6.45, 7) is 7.60. The Kier molecular flexibility index (Phi) is 7.20. The molecular formula is C18H28ClFN2O2. The van der Waals surface area contributed by atoms with Crippen molar-refractivity contribution < 1.29 is 13.9 Å². The molecule has 136 valence electrons. The van der Waals surface area contributed by atoms with Gasteiger partial charge in [0.2, 0.25) is 5.91 Å². The lowest BCUT2D eigenvalue weighted by atomic mass is 9.74. The molecule has 0 saturated carbocycles. The monoisotopic (exact) mass is 358 g/mol. The molecule has 1 amide bonds. The van der Waals surface area contributed by atoms with E-state index < -0.39 is 6.04 Å². The second-order valence-electron chi connectivity index (χ2n) is 7.46. The summed E-state index contributed by atoms with van der Waals surface area (Å²) in [6.07, 6.45) is 1.59. The van der Waals surface area contributed by atoms with Gasteiger partial charge in [0.15, 0.2) is 0 Å². The van der Waals surface area contributed by atoms with Crippen LogP contribution in [0.2, 0.25) is 0 Å². The van der Waals surface area contributed by atoms with Gasteiger partial charge in [0.25, 0.3) is 0 Å². The molecule has 0 bridgehead atoms. The maximum Gasteiger partial charge on any atom is 0.237 e. The average molecular weight is 359 g/mol. The summed E-state index contributed by atoms with van der Waals surface area (Å²) in [6, 6.07) is 5.98. The highest BCUT2D eigenvalue weighted by Gasteiger charge is 2.36. The first-order valence-corrected chi connectivity index (χ1v) is 8.12. The van der Waals surface area contributed by atoms with Gasteiger partial charge >= 0.3 is 0 Å². The zero-order valence-electron chi connectivity index (χ0n) is 14.6. The van der Waals surface area contributed by atoms with E-state index in [4.69, 9.17) is 10.5 Å². The van der Waals surface area contributed by atoms with Gasteiger partial charge in [0.1, 0.15) is 5.82 Å². The predicted octanol–water partition coefficient (Wildman–Crippen LogP) is 2.79. The quantitative estimate of drug-likeness (QED) is 0.869. The highest BCUT2D eigenvalue weighted by Crippen LogP contribution is 2.34. The number of rotatable bonds is 4. The van der Waals surface area contributed by atoms with Gasteiger partial charge in [-0.2, -0.15) is 0 Å². The third kappa shape index (κ3) is 4.91. The van der Waals surface area contributed by atoms with Crippen molar-refractivity contribution in [2.24, 2.45) is 11.1 Å². The van der Waals surface area contributed by atoms with Crippen LogP contribution in [0.25, 0.3) is 0 Å². The van der Waals surface area contributed by atoms with Crippen LogP contribution in [-0.2, 0) is 14.9 Å². The van der Waals surface area contributed by atoms with Crippen LogP contribution in [0.3, 0.4) is 0 Å². The van der Waals surface area contributed by atoms with Crippen LogP contribution < -0.4 is 11.1 Å². The van der Waals surface area contributed by atoms with E-state index >= 15 is 0 Å². The Hall–Kier alpha value is -1.17.